The first-order valence-electron chi connectivity index (χ1n) is 6.90. The number of ether oxygens (including phenoxy) is 1. The van der Waals surface area contributed by atoms with Crippen LogP contribution in [0.1, 0.15) is 32.1 Å². The van der Waals surface area contributed by atoms with Gasteiger partial charge < -0.3 is 14.5 Å². The molecule has 0 bridgehead atoms. The average molecular weight is 252 g/mol. The zero-order chi connectivity index (χ0) is 12.8. The van der Waals surface area contributed by atoms with Gasteiger partial charge in [-0.15, -0.1) is 0 Å². The summed E-state index contributed by atoms with van der Waals surface area (Å²) in [5, 5.41) is 3.50. The highest BCUT2D eigenvalue weighted by molar-refractivity contribution is 5.02. The van der Waals surface area contributed by atoms with E-state index in [4.69, 9.17) is 9.15 Å². The fraction of sp³-hybridized carbons (Fsp3) is 0.714. The minimum Gasteiger partial charge on any atom is -0.468 e. The third-order valence-corrected chi connectivity index (χ3v) is 3.64. The molecule has 1 saturated heterocycles. The number of rotatable bonds is 6. The molecule has 2 heterocycles. The zero-order valence-corrected chi connectivity index (χ0v) is 11.4. The van der Waals surface area contributed by atoms with E-state index in [2.05, 4.69) is 24.1 Å². The molecule has 2 unspecified atom stereocenters. The molecule has 1 aromatic rings. The molecule has 1 fully saturated rings. The van der Waals surface area contributed by atoms with Crippen LogP contribution in [0.5, 0.6) is 0 Å². The molecule has 2 atom stereocenters. The second-order valence-corrected chi connectivity index (χ2v) is 4.86. The van der Waals surface area contributed by atoms with Crippen LogP contribution in [0, 0.1) is 0 Å². The summed E-state index contributed by atoms with van der Waals surface area (Å²) in [5.74, 6) is 1.00. The molecule has 4 nitrogen and oxygen atoms in total. The lowest BCUT2D eigenvalue weighted by Crippen LogP contribution is -2.47. The summed E-state index contributed by atoms with van der Waals surface area (Å²) < 4.78 is 10.9. The Morgan fingerprint density at radius 2 is 2.44 bits per heavy atom. The smallest absolute Gasteiger partial charge is 0.120 e. The van der Waals surface area contributed by atoms with Crippen LogP contribution < -0.4 is 5.32 Å². The first kappa shape index (κ1) is 13.6. The Bertz CT molecular complexity index is 327. The number of morpholine rings is 1. The Balaban J connectivity index is 1.71. The Kier molecular flexibility index (Phi) is 5.23. The van der Waals surface area contributed by atoms with E-state index in [9.17, 15) is 0 Å². The Morgan fingerprint density at radius 3 is 3.17 bits per heavy atom. The van der Waals surface area contributed by atoms with Gasteiger partial charge in [-0.1, -0.05) is 6.92 Å². The summed E-state index contributed by atoms with van der Waals surface area (Å²) in [5.41, 5.74) is 0. The molecular formula is C14H24N2O2. The topological polar surface area (TPSA) is 37.6 Å². The van der Waals surface area contributed by atoms with Crippen LogP contribution in [0.3, 0.4) is 0 Å². The van der Waals surface area contributed by atoms with E-state index < -0.39 is 0 Å². The Morgan fingerprint density at radius 1 is 1.56 bits per heavy atom. The van der Waals surface area contributed by atoms with Gasteiger partial charge in [0, 0.05) is 25.7 Å². The van der Waals surface area contributed by atoms with Gasteiger partial charge in [-0.05, 0) is 25.5 Å². The molecule has 102 valence electrons. The molecule has 2 rings (SSSR count). The summed E-state index contributed by atoms with van der Waals surface area (Å²) in [4.78, 5) is 2.52. The van der Waals surface area contributed by atoms with Gasteiger partial charge in [0.25, 0.3) is 0 Å². The highest BCUT2D eigenvalue weighted by Gasteiger charge is 2.20. The maximum absolute atomic E-state index is 5.51. The van der Waals surface area contributed by atoms with E-state index in [-0.39, 0.29) is 6.04 Å². The molecule has 0 spiro atoms. The van der Waals surface area contributed by atoms with Crippen LogP contribution in [0.15, 0.2) is 22.8 Å². The van der Waals surface area contributed by atoms with Crippen molar-refractivity contribution in [2.45, 2.75) is 32.4 Å². The number of hydrogen-bond donors (Lipinski definition) is 1. The lowest BCUT2D eigenvalue weighted by atomic mass is 10.2. The minimum atomic E-state index is 0.279. The predicted octanol–water partition coefficient (Wildman–Crippen LogP) is 2.04. The van der Waals surface area contributed by atoms with E-state index in [1.807, 2.05) is 12.1 Å². The molecular weight excluding hydrogens is 228 g/mol. The molecule has 1 N–H and O–H groups in total. The number of furan rings is 1. The summed E-state index contributed by atoms with van der Waals surface area (Å²) in [7, 11) is 0. The largest absolute Gasteiger partial charge is 0.468 e. The van der Waals surface area contributed by atoms with Gasteiger partial charge in [0.15, 0.2) is 0 Å². The first-order valence-corrected chi connectivity index (χ1v) is 6.90. The van der Waals surface area contributed by atoms with Crippen molar-refractivity contribution in [2.24, 2.45) is 0 Å². The molecule has 18 heavy (non-hydrogen) atoms. The molecule has 0 saturated carbocycles. The van der Waals surface area contributed by atoms with E-state index in [1.54, 1.807) is 6.26 Å². The summed E-state index contributed by atoms with van der Waals surface area (Å²) in [6.45, 7) is 9.22. The minimum absolute atomic E-state index is 0.279. The van der Waals surface area contributed by atoms with E-state index in [0.29, 0.717) is 6.04 Å². The van der Waals surface area contributed by atoms with Crippen LogP contribution in [-0.4, -0.2) is 43.8 Å². The fourth-order valence-electron chi connectivity index (χ4n) is 2.42. The van der Waals surface area contributed by atoms with Crippen molar-refractivity contribution in [1.82, 2.24) is 10.2 Å². The van der Waals surface area contributed by atoms with Crippen molar-refractivity contribution in [3.63, 3.8) is 0 Å². The van der Waals surface area contributed by atoms with E-state index >= 15 is 0 Å². The van der Waals surface area contributed by atoms with Gasteiger partial charge in [0.05, 0.1) is 25.5 Å². The Hall–Kier alpha value is -0.840. The maximum atomic E-state index is 5.51. The molecule has 0 aliphatic carbocycles. The normalized spacial score (nSPS) is 23.1. The molecule has 0 radical (unpaired) electrons. The second kappa shape index (κ2) is 6.92. The third-order valence-electron chi connectivity index (χ3n) is 3.64. The van der Waals surface area contributed by atoms with E-state index in [0.717, 1.165) is 45.0 Å². The third kappa shape index (κ3) is 3.57. The monoisotopic (exact) mass is 252 g/mol. The van der Waals surface area contributed by atoms with Crippen molar-refractivity contribution in [2.75, 3.05) is 32.8 Å². The van der Waals surface area contributed by atoms with Crippen molar-refractivity contribution in [3.05, 3.63) is 24.2 Å². The van der Waals surface area contributed by atoms with Gasteiger partial charge in [-0.2, -0.15) is 0 Å². The average Bonchev–Trinajstić information content (AvgIpc) is 2.93. The molecule has 4 heteroatoms. The van der Waals surface area contributed by atoms with Crippen molar-refractivity contribution in [3.8, 4) is 0 Å². The fourth-order valence-corrected chi connectivity index (χ4v) is 2.42. The van der Waals surface area contributed by atoms with Crippen LogP contribution in [0.2, 0.25) is 0 Å². The first-order chi connectivity index (χ1) is 8.81. The number of nitrogens with one attached hydrogen (secondary N) is 1. The maximum Gasteiger partial charge on any atom is 0.120 e. The lowest BCUT2D eigenvalue weighted by Gasteiger charge is -2.35. The Labute approximate surface area is 109 Å². The summed E-state index contributed by atoms with van der Waals surface area (Å²) >= 11 is 0. The van der Waals surface area contributed by atoms with Crippen molar-refractivity contribution >= 4 is 0 Å². The lowest BCUT2D eigenvalue weighted by molar-refractivity contribution is -0.00811. The molecule has 0 amide bonds. The SMILES string of the molecule is CCC1COCCN1CCNC(C)c1ccco1. The van der Waals surface area contributed by atoms with Crippen LogP contribution >= 0.6 is 0 Å². The summed E-state index contributed by atoms with van der Waals surface area (Å²) in [6, 6.07) is 4.81. The zero-order valence-electron chi connectivity index (χ0n) is 11.4. The highest BCUT2D eigenvalue weighted by atomic mass is 16.5. The van der Waals surface area contributed by atoms with E-state index in [1.165, 1.54) is 0 Å². The highest BCUT2D eigenvalue weighted by Crippen LogP contribution is 2.12. The van der Waals surface area contributed by atoms with Crippen molar-refractivity contribution in [1.29, 1.82) is 0 Å². The standard InChI is InChI=1S/C14H24N2O2/c1-3-13-11-17-10-8-16(13)7-6-15-12(2)14-5-4-9-18-14/h4-5,9,12-13,15H,3,6-8,10-11H2,1-2H3. The van der Waals surface area contributed by atoms with Crippen LogP contribution in [0.4, 0.5) is 0 Å². The quantitative estimate of drug-likeness (QED) is 0.841. The van der Waals surface area contributed by atoms with Gasteiger partial charge >= 0.3 is 0 Å². The van der Waals surface area contributed by atoms with Crippen LogP contribution in [0.25, 0.3) is 0 Å². The van der Waals surface area contributed by atoms with Gasteiger partial charge in [-0.25, -0.2) is 0 Å². The number of hydrogen-bond acceptors (Lipinski definition) is 4. The molecule has 1 aliphatic rings. The van der Waals surface area contributed by atoms with Crippen molar-refractivity contribution < 1.29 is 9.15 Å². The molecule has 0 aromatic carbocycles. The van der Waals surface area contributed by atoms with Gasteiger partial charge in [-0.3, -0.25) is 4.90 Å². The van der Waals surface area contributed by atoms with Gasteiger partial charge in [0.2, 0.25) is 0 Å². The predicted molar refractivity (Wildman–Crippen MR) is 71.6 cm³/mol. The van der Waals surface area contributed by atoms with Crippen LogP contribution in [-0.2, 0) is 4.74 Å². The number of nitrogens with zero attached hydrogens (tertiary/aromatic N) is 1. The summed E-state index contributed by atoms with van der Waals surface area (Å²) in [6.07, 6.45) is 2.89. The second-order valence-electron chi connectivity index (χ2n) is 4.86. The molecule has 1 aromatic heterocycles. The van der Waals surface area contributed by atoms with Gasteiger partial charge in [0.1, 0.15) is 5.76 Å². The molecule has 1 aliphatic heterocycles.